The van der Waals surface area contributed by atoms with E-state index in [2.05, 4.69) is 69.7 Å². The monoisotopic (exact) mass is 444 g/mol. The molecule has 3 aromatic rings. The lowest BCUT2D eigenvalue weighted by Crippen LogP contribution is -2.30. The number of ether oxygens (including phenoxy) is 1. The maximum atomic E-state index is 12.0. The summed E-state index contributed by atoms with van der Waals surface area (Å²) >= 11 is 3.57. The average molecular weight is 445 g/mol. The quantitative estimate of drug-likeness (QED) is 0.456. The Kier molecular flexibility index (Phi) is 6.24. The molecule has 148 valence electrons. The predicted octanol–water partition coefficient (Wildman–Crippen LogP) is 5.21. The van der Waals surface area contributed by atoms with E-state index in [0.29, 0.717) is 25.3 Å². The summed E-state index contributed by atoms with van der Waals surface area (Å²) in [7, 11) is 0. The lowest BCUT2D eigenvalue weighted by Gasteiger charge is -2.20. The second-order valence-electron chi connectivity index (χ2n) is 7.65. The number of hydrogen-bond acceptors (Lipinski definition) is 3. The zero-order chi connectivity index (χ0) is 20.1. The third-order valence-electron chi connectivity index (χ3n) is 4.36. The summed E-state index contributed by atoms with van der Waals surface area (Å²) in [5, 5.41) is 13.5. The van der Waals surface area contributed by atoms with Crippen LogP contribution in [0.3, 0.4) is 0 Å². The summed E-state index contributed by atoms with van der Waals surface area (Å²) in [6.45, 7) is 7.58. The van der Waals surface area contributed by atoms with Crippen molar-refractivity contribution >= 4 is 38.6 Å². The van der Waals surface area contributed by atoms with Crippen molar-refractivity contribution in [1.29, 1.82) is 0 Å². The fourth-order valence-electron chi connectivity index (χ4n) is 2.73. The Morgan fingerprint density at radius 2 is 2.04 bits per heavy atom. The molecule has 3 rings (SSSR count). The largest absolute Gasteiger partial charge is 0.492 e. The first-order valence-corrected chi connectivity index (χ1v) is 10.0. The van der Waals surface area contributed by atoms with Crippen LogP contribution in [0.2, 0.25) is 0 Å². The van der Waals surface area contributed by atoms with Crippen LogP contribution in [0, 0.1) is 0 Å². The third-order valence-corrected chi connectivity index (χ3v) is 4.98. The first-order valence-electron chi connectivity index (χ1n) is 9.24. The van der Waals surface area contributed by atoms with E-state index in [4.69, 9.17) is 4.74 Å². The van der Waals surface area contributed by atoms with Crippen LogP contribution in [-0.4, -0.2) is 29.4 Å². The molecule has 0 unspecified atom stereocenters. The molecule has 0 spiro atoms. The van der Waals surface area contributed by atoms with Crippen LogP contribution in [0.1, 0.15) is 32.8 Å². The van der Waals surface area contributed by atoms with Gasteiger partial charge in [0.25, 0.3) is 0 Å². The maximum Gasteiger partial charge on any atom is 0.319 e. The second-order valence-corrected chi connectivity index (χ2v) is 8.50. The van der Waals surface area contributed by atoms with Crippen molar-refractivity contribution < 1.29 is 9.53 Å². The van der Waals surface area contributed by atoms with Gasteiger partial charge in [-0.25, -0.2) is 4.79 Å². The Morgan fingerprint density at radius 3 is 2.79 bits per heavy atom. The van der Waals surface area contributed by atoms with Crippen molar-refractivity contribution in [3.8, 4) is 5.75 Å². The smallest absolute Gasteiger partial charge is 0.319 e. The van der Waals surface area contributed by atoms with E-state index in [1.165, 1.54) is 5.56 Å². The minimum atomic E-state index is -0.241. The van der Waals surface area contributed by atoms with Gasteiger partial charge in [0.2, 0.25) is 0 Å². The molecule has 2 aromatic carbocycles. The van der Waals surface area contributed by atoms with Crippen LogP contribution < -0.4 is 15.4 Å². The topological polar surface area (TPSA) is 79.0 Å². The van der Waals surface area contributed by atoms with Crippen LogP contribution >= 0.6 is 15.9 Å². The average Bonchev–Trinajstić information content (AvgIpc) is 3.09. The highest BCUT2D eigenvalue weighted by molar-refractivity contribution is 9.10. The normalized spacial score (nSPS) is 11.4. The van der Waals surface area contributed by atoms with Crippen LogP contribution in [0.5, 0.6) is 5.75 Å². The van der Waals surface area contributed by atoms with Gasteiger partial charge in [-0.15, -0.1) is 0 Å². The number of aromatic amines is 1. The molecule has 0 atom stereocenters. The zero-order valence-electron chi connectivity index (χ0n) is 16.3. The van der Waals surface area contributed by atoms with Gasteiger partial charge in [0, 0.05) is 17.6 Å². The lowest BCUT2D eigenvalue weighted by atomic mass is 9.87. The van der Waals surface area contributed by atoms with E-state index < -0.39 is 0 Å². The number of nitrogens with zero attached hydrogens (tertiary/aromatic N) is 1. The number of nitrogens with one attached hydrogen (secondary N) is 3. The Bertz CT molecular complexity index is 962. The van der Waals surface area contributed by atoms with Crippen LogP contribution in [0.25, 0.3) is 10.9 Å². The molecule has 0 saturated carbocycles. The summed E-state index contributed by atoms with van der Waals surface area (Å²) in [4.78, 5) is 12.0. The molecule has 6 nitrogen and oxygen atoms in total. The number of urea groups is 1. The van der Waals surface area contributed by atoms with Crippen molar-refractivity contribution in [1.82, 2.24) is 15.5 Å². The van der Waals surface area contributed by atoms with Crippen LogP contribution in [0.15, 0.2) is 47.1 Å². The molecule has 7 heteroatoms. The molecule has 3 N–H and O–H groups in total. The molecular weight excluding hydrogens is 420 g/mol. The molecule has 0 radical (unpaired) electrons. The number of hydrogen-bond donors (Lipinski definition) is 3. The molecule has 28 heavy (non-hydrogen) atoms. The predicted molar refractivity (Wildman–Crippen MR) is 116 cm³/mol. The third kappa shape index (κ3) is 5.25. The number of amides is 2. The van der Waals surface area contributed by atoms with E-state index >= 15 is 0 Å². The summed E-state index contributed by atoms with van der Waals surface area (Å²) in [5.41, 5.74) is 2.95. The van der Waals surface area contributed by atoms with Gasteiger partial charge in [0.1, 0.15) is 5.75 Å². The van der Waals surface area contributed by atoms with Crippen molar-refractivity contribution in [3.05, 3.63) is 52.6 Å². The van der Waals surface area contributed by atoms with E-state index in [1.807, 2.05) is 24.3 Å². The van der Waals surface area contributed by atoms with E-state index in [1.54, 1.807) is 6.20 Å². The SMILES string of the molecule is CC(C)(C)c1ccc(OCCCNC(=O)Nc2ccc3cn[nH]c3c2)c(Br)c1. The number of carbonyl (C=O) groups excluding carboxylic acids is 1. The van der Waals surface area contributed by atoms with Crippen molar-refractivity contribution in [3.63, 3.8) is 0 Å². The molecule has 0 aliphatic carbocycles. The molecule has 0 aliphatic rings. The molecule has 1 aromatic heterocycles. The molecule has 0 aliphatic heterocycles. The first kappa shape index (κ1) is 20.2. The van der Waals surface area contributed by atoms with Crippen molar-refractivity contribution in [2.45, 2.75) is 32.6 Å². The molecule has 2 amide bonds. The number of aromatic nitrogens is 2. The number of halogens is 1. The van der Waals surface area contributed by atoms with Crippen molar-refractivity contribution in [2.24, 2.45) is 0 Å². The van der Waals surface area contributed by atoms with E-state index in [0.717, 1.165) is 21.1 Å². The van der Waals surface area contributed by atoms with Gasteiger partial charge >= 0.3 is 6.03 Å². The van der Waals surface area contributed by atoms with Crippen molar-refractivity contribution in [2.75, 3.05) is 18.5 Å². The Hall–Kier alpha value is -2.54. The summed E-state index contributed by atoms with van der Waals surface area (Å²) in [6, 6.07) is 11.5. The molecule has 0 bridgehead atoms. The fourth-order valence-corrected chi connectivity index (χ4v) is 3.22. The minimum absolute atomic E-state index is 0.0975. The van der Waals surface area contributed by atoms with Crippen LogP contribution in [0.4, 0.5) is 10.5 Å². The maximum absolute atomic E-state index is 12.0. The number of H-pyrrole nitrogens is 1. The molecule has 0 fully saturated rings. The van der Waals surface area contributed by atoms with E-state index in [-0.39, 0.29) is 11.4 Å². The molecular formula is C21H25BrN4O2. The van der Waals surface area contributed by atoms with Gasteiger partial charge in [-0.1, -0.05) is 26.8 Å². The standard InChI is InChI=1S/C21H25BrN4O2/c1-21(2,3)15-6-8-19(17(22)11-15)28-10-4-9-23-20(27)25-16-7-5-14-13-24-26-18(14)12-16/h5-8,11-13H,4,9-10H2,1-3H3,(H,24,26)(H2,23,25,27). The number of anilines is 1. The summed E-state index contributed by atoms with van der Waals surface area (Å²) < 4.78 is 6.76. The first-order chi connectivity index (χ1) is 13.3. The number of carbonyl (C=O) groups is 1. The summed E-state index contributed by atoms with van der Waals surface area (Å²) in [5.74, 6) is 0.810. The van der Waals surface area contributed by atoms with Crippen LogP contribution in [-0.2, 0) is 5.41 Å². The highest BCUT2D eigenvalue weighted by Gasteiger charge is 2.15. The number of benzene rings is 2. The Balaban J connectivity index is 1.40. The summed E-state index contributed by atoms with van der Waals surface area (Å²) in [6.07, 6.45) is 2.45. The molecule has 0 saturated heterocycles. The van der Waals surface area contributed by atoms with Gasteiger partial charge in [0.15, 0.2) is 0 Å². The van der Waals surface area contributed by atoms with Gasteiger partial charge < -0.3 is 15.4 Å². The van der Waals surface area contributed by atoms with Gasteiger partial charge in [0.05, 0.1) is 22.8 Å². The van der Waals surface area contributed by atoms with Gasteiger partial charge in [-0.05, 0) is 63.7 Å². The zero-order valence-corrected chi connectivity index (χ0v) is 17.9. The fraction of sp³-hybridized carbons (Fsp3) is 0.333. The van der Waals surface area contributed by atoms with Gasteiger partial charge in [-0.3, -0.25) is 5.10 Å². The molecule has 1 heterocycles. The van der Waals surface area contributed by atoms with E-state index in [9.17, 15) is 4.79 Å². The van der Waals surface area contributed by atoms with Gasteiger partial charge in [-0.2, -0.15) is 5.10 Å². The number of rotatable bonds is 6. The highest BCUT2D eigenvalue weighted by Crippen LogP contribution is 2.31. The Labute approximate surface area is 173 Å². The highest BCUT2D eigenvalue weighted by atomic mass is 79.9. The second kappa shape index (κ2) is 8.65. The lowest BCUT2D eigenvalue weighted by molar-refractivity contribution is 0.250. The Morgan fingerprint density at radius 1 is 1.21 bits per heavy atom. The minimum Gasteiger partial charge on any atom is -0.492 e. The number of fused-ring (bicyclic) bond motifs is 1.